The second-order valence-corrected chi connectivity index (χ2v) is 8.01. The van der Waals surface area contributed by atoms with Gasteiger partial charge in [0.25, 0.3) is 5.56 Å². The van der Waals surface area contributed by atoms with Crippen molar-refractivity contribution in [1.82, 2.24) is 15.2 Å². The first-order chi connectivity index (χ1) is 13.3. The number of benzene rings is 1. The summed E-state index contributed by atoms with van der Waals surface area (Å²) in [4.78, 5) is 19.2. The molecule has 2 aromatic rings. The Kier molecular flexibility index (Phi) is 8.41. The molecule has 7 heteroatoms. The molecule has 0 aliphatic carbocycles. The fourth-order valence-corrected chi connectivity index (χ4v) is 3.54. The lowest BCUT2D eigenvalue weighted by Gasteiger charge is -2.26. The van der Waals surface area contributed by atoms with Gasteiger partial charge < -0.3 is 24.8 Å². The molecule has 0 saturated heterocycles. The average molecular weight is 406 g/mol. The van der Waals surface area contributed by atoms with E-state index in [-0.39, 0.29) is 5.56 Å². The van der Waals surface area contributed by atoms with Crippen molar-refractivity contribution in [2.24, 2.45) is 0 Å². The number of hydrogen-bond acceptors (Lipinski definition) is 3. The Hall–Kier alpha value is -1.96. The highest BCUT2D eigenvalue weighted by atomic mass is 32.1. The molecule has 3 N–H and O–H groups in total. The van der Waals surface area contributed by atoms with Crippen LogP contribution in [-0.4, -0.2) is 62.4 Å². The lowest BCUT2D eigenvalue weighted by atomic mass is 10.0. The molecular weight excluding hydrogens is 372 g/mol. The molecule has 0 atom stereocenters. The van der Waals surface area contributed by atoms with E-state index in [0.717, 1.165) is 47.1 Å². The van der Waals surface area contributed by atoms with Gasteiger partial charge in [-0.05, 0) is 49.3 Å². The Balaban J connectivity index is 2.24. The Morgan fingerprint density at radius 1 is 1.29 bits per heavy atom. The third kappa shape index (κ3) is 6.29. The summed E-state index contributed by atoms with van der Waals surface area (Å²) >= 11 is 5.59. The van der Waals surface area contributed by atoms with E-state index in [2.05, 4.69) is 42.3 Å². The second-order valence-electron chi connectivity index (χ2n) is 7.62. The van der Waals surface area contributed by atoms with Crippen LogP contribution >= 0.6 is 12.2 Å². The number of nitrogens with one attached hydrogen (secondary N) is 3. The maximum Gasteiger partial charge on any atom is 0.253 e. The minimum atomic E-state index is -0.0552. The predicted molar refractivity (Wildman–Crippen MR) is 119 cm³/mol. The molecule has 0 unspecified atom stereocenters. The number of thiocarbonyl (C=S) groups is 1. The van der Waals surface area contributed by atoms with Gasteiger partial charge >= 0.3 is 0 Å². The van der Waals surface area contributed by atoms with Crippen molar-refractivity contribution in [3.05, 3.63) is 45.2 Å². The molecule has 2 rings (SSSR count). The topological polar surface area (TPSA) is 61.8 Å². The van der Waals surface area contributed by atoms with E-state index in [1.807, 2.05) is 19.1 Å². The number of ether oxygens (including phenoxy) is 1. The molecular formula is C21H33N4O2S+. The summed E-state index contributed by atoms with van der Waals surface area (Å²) in [6, 6.07) is 6.16. The Labute approximate surface area is 172 Å². The highest BCUT2D eigenvalue weighted by molar-refractivity contribution is 7.80. The zero-order valence-electron chi connectivity index (χ0n) is 17.6. The number of pyridine rings is 1. The van der Waals surface area contributed by atoms with Crippen LogP contribution in [0, 0.1) is 13.8 Å². The summed E-state index contributed by atoms with van der Waals surface area (Å²) in [7, 11) is 5.94. The molecule has 0 aliphatic heterocycles. The SMILES string of the molecule is COCCNC(=S)N(CCC[NH+](C)C)Cc1cc2c(C)cc(C)cc2[nH]c1=O. The lowest BCUT2D eigenvalue weighted by Crippen LogP contribution is -3.05. The fourth-order valence-electron chi connectivity index (χ4n) is 3.29. The van der Waals surface area contributed by atoms with Gasteiger partial charge in [0, 0.05) is 43.1 Å². The lowest BCUT2D eigenvalue weighted by molar-refractivity contribution is -0.858. The van der Waals surface area contributed by atoms with Crippen LogP contribution in [0.15, 0.2) is 23.0 Å². The van der Waals surface area contributed by atoms with Gasteiger partial charge in [-0.1, -0.05) is 6.07 Å². The molecule has 0 saturated carbocycles. The zero-order valence-corrected chi connectivity index (χ0v) is 18.5. The summed E-state index contributed by atoms with van der Waals surface area (Å²) in [5, 5.41) is 4.97. The fraction of sp³-hybridized carbons (Fsp3) is 0.524. The number of nitrogens with zero attached hydrogens (tertiary/aromatic N) is 1. The van der Waals surface area contributed by atoms with Crippen LogP contribution in [0.2, 0.25) is 0 Å². The molecule has 1 aromatic heterocycles. The van der Waals surface area contributed by atoms with Crippen molar-refractivity contribution >= 4 is 28.2 Å². The Morgan fingerprint density at radius 2 is 2.04 bits per heavy atom. The van der Waals surface area contributed by atoms with E-state index < -0.39 is 0 Å². The summed E-state index contributed by atoms with van der Waals surface area (Å²) < 4.78 is 5.09. The van der Waals surface area contributed by atoms with E-state index in [0.29, 0.717) is 24.8 Å². The van der Waals surface area contributed by atoms with Crippen LogP contribution in [0.4, 0.5) is 0 Å². The number of aromatic nitrogens is 1. The highest BCUT2D eigenvalue weighted by Crippen LogP contribution is 2.19. The molecule has 28 heavy (non-hydrogen) atoms. The summed E-state index contributed by atoms with van der Waals surface area (Å²) in [5.41, 5.74) is 3.86. The van der Waals surface area contributed by atoms with Crippen LogP contribution in [0.3, 0.4) is 0 Å². The quantitative estimate of drug-likeness (QED) is 0.429. The van der Waals surface area contributed by atoms with Gasteiger partial charge in [-0.2, -0.15) is 0 Å². The number of aromatic amines is 1. The minimum absolute atomic E-state index is 0.0552. The van der Waals surface area contributed by atoms with Crippen LogP contribution in [0.5, 0.6) is 0 Å². The number of hydrogen-bond donors (Lipinski definition) is 3. The summed E-state index contributed by atoms with van der Waals surface area (Å²) in [6.07, 6.45) is 0.998. The first-order valence-electron chi connectivity index (χ1n) is 9.75. The van der Waals surface area contributed by atoms with Gasteiger partial charge in [-0.3, -0.25) is 4.79 Å². The van der Waals surface area contributed by atoms with Gasteiger partial charge in [0.2, 0.25) is 0 Å². The van der Waals surface area contributed by atoms with Crippen LogP contribution in [0.1, 0.15) is 23.1 Å². The molecule has 1 heterocycles. The molecule has 0 amide bonds. The highest BCUT2D eigenvalue weighted by Gasteiger charge is 2.14. The van der Waals surface area contributed by atoms with Gasteiger partial charge in [-0.25, -0.2) is 0 Å². The maximum absolute atomic E-state index is 12.7. The molecule has 0 spiro atoms. The third-order valence-corrected chi connectivity index (χ3v) is 5.13. The molecule has 0 fully saturated rings. The number of fused-ring (bicyclic) bond motifs is 1. The van der Waals surface area contributed by atoms with Crippen molar-refractivity contribution in [2.45, 2.75) is 26.8 Å². The van der Waals surface area contributed by atoms with Crippen LogP contribution in [-0.2, 0) is 11.3 Å². The predicted octanol–water partition coefficient (Wildman–Crippen LogP) is 1.00. The number of methoxy groups -OCH3 is 1. The van der Waals surface area contributed by atoms with Gasteiger partial charge in [0.05, 0.1) is 33.8 Å². The minimum Gasteiger partial charge on any atom is -0.383 e. The largest absolute Gasteiger partial charge is 0.383 e. The standard InChI is InChI=1S/C21H32N4O2S/c1-15-11-16(2)18-13-17(20(26)23-19(18)12-15)14-25(9-6-8-24(3)4)21(28)22-7-10-27-5/h11-13H,6-10,14H2,1-5H3,(H,22,28)(H,23,26)/p+1. The van der Waals surface area contributed by atoms with E-state index in [9.17, 15) is 4.79 Å². The van der Waals surface area contributed by atoms with E-state index in [1.165, 1.54) is 4.90 Å². The molecule has 0 radical (unpaired) electrons. The Morgan fingerprint density at radius 3 is 2.71 bits per heavy atom. The van der Waals surface area contributed by atoms with Crippen LogP contribution < -0.4 is 15.8 Å². The second kappa shape index (κ2) is 10.5. The third-order valence-electron chi connectivity index (χ3n) is 4.73. The number of quaternary nitrogens is 1. The summed E-state index contributed by atoms with van der Waals surface area (Å²) in [6.45, 7) is 7.68. The monoisotopic (exact) mass is 405 g/mol. The molecule has 0 aliphatic rings. The summed E-state index contributed by atoms with van der Waals surface area (Å²) in [5.74, 6) is 0. The zero-order chi connectivity index (χ0) is 20.7. The normalized spacial score (nSPS) is 11.2. The number of aryl methyl sites for hydroxylation is 2. The molecule has 154 valence electrons. The van der Waals surface area contributed by atoms with Crippen LogP contribution in [0.25, 0.3) is 10.9 Å². The first-order valence-corrected chi connectivity index (χ1v) is 10.2. The van der Waals surface area contributed by atoms with Crippen molar-refractivity contribution in [1.29, 1.82) is 0 Å². The Bertz CT molecular complexity index is 863. The van der Waals surface area contributed by atoms with Crippen molar-refractivity contribution in [2.75, 3.05) is 47.4 Å². The van der Waals surface area contributed by atoms with Gasteiger partial charge in [0.15, 0.2) is 5.11 Å². The molecule has 6 nitrogen and oxygen atoms in total. The molecule has 0 bridgehead atoms. The first kappa shape index (κ1) is 22.3. The van der Waals surface area contributed by atoms with E-state index in [1.54, 1.807) is 7.11 Å². The van der Waals surface area contributed by atoms with E-state index >= 15 is 0 Å². The van der Waals surface area contributed by atoms with Crippen molar-refractivity contribution in [3.8, 4) is 0 Å². The van der Waals surface area contributed by atoms with Crippen molar-refractivity contribution in [3.63, 3.8) is 0 Å². The van der Waals surface area contributed by atoms with E-state index in [4.69, 9.17) is 17.0 Å². The van der Waals surface area contributed by atoms with Gasteiger partial charge in [0.1, 0.15) is 0 Å². The molecule has 1 aromatic carbocycles. The maximum atomic E-state index is 12.7. The van der Waals surface area contributed by atoms with Gasteiger partial charge in [-0.15, -0.1) is 0 Å². The van der Waals surface area contributed by atoms with Crippen molar-refractivity contribution < 1.29 is 9.64 Å². The smallest absolute Gasteiger partial charge is 0.253 e. The number of H-pyrrole nitrogens is 1. The average Bonchev–Trinajstić information content (AvgIpc) is 2.61. The number of rotatable bonds is 9.